The zero-order chi connectivity index (χ0) is 13.8. The van der Waals surface area contributed by atoms with Crippen molar-refractivity contribution in [2.75, 3.05) is 18.1 Å². The van der Waals surface area contributed by atoms with Gasteiger partial charge in [-0.25, -0.2) is 0 Å². The van der Waals surface area contributed by atoms with Gasteiger partial charge >= 0.3 is 0 Å². The molecule has 1 aromatic carbocycles. The Balaban J connectivity index is 2.28. The molecule has 4 heteroatoms. The van der Waals surface area contributed by atoms with Crippen molar-refractivity contribution in [1.82, 2.24) is 0 Å². The van der Waals surface area contributed by atoms with E-state index >= 15 is 0 Å². The van der Waals surface area contributed by atoms with Crippen molar-refractivity contribution >= 4 is 17.3 Å². The lowest BCUT2D eigenvalue weighted by atomic mass is 10.1. The number of halogens is 1. The number of rotatable bonds is 3. The van der Waals surface area contributed by atoms with Crippen LogP contribution in [0.1, 0.15) is 44.3 Å². The van der Waals surface area contributed by atoms with Gasteiger partial charge in [0.25, 0.3) is 0 Å². The highest BCUT2D eigenvalue weighted by Gasteiger charge is 2.22. The minimum absolute atomic E-state index is 0.150. The molecule has 1 aromatic rings. The highest BCUT2D eigenvalue weighted by atomic mass is 35.5. The predicted molar refractivity (Wildman–Crippen MR) is 78.8 cm³/mol. The van der Waals surface area contributed by atoms with E-state index in [0.29, 0.717) is 5.02 Å². The van der Waals surface area contributed by atoms with Gasteiger partial charge < -0.3 is 15.1 Å². The summed E-state index contributed by atoms with van der Waals surface area (Å²) in [6.07, 6.45) is 3.99. The minimum Gasteiger partial charge on any atom is -0.394 e. The fraction of sp³-hybridized carbons (Fsp3) is 0.600. The van der Waals surface area contributed by atoms with E-state index in [-0.39, 0.29) is 12.6 Å². The third-order valence-electron chi connectivity index (χ3n) is 3.85. The first-order valence-electron chi connectivity index (χ1n) is 6.98. The Bertz CT molecular complexity index is 423. The van der Waals surface area contributed by atoms with Crippen molar-refractivity contribution < 1.29 is 10.2 Å². The molecule has 0 radical (unpaired) electrons. The van der Waals surface area contributed by atoms with E-state index in [1.54, 1.807) is 6.92 Å². The molecular formula is C15H22ClNO2. The summed E-state index contributed by atoms with van der Waals surface area (Å²) in [5.74, 6) is 0. The number of hydrogen-bond donors (Lipinski definition) is 2. The molecule has 1 heterocycles. The number of aliphatic hydroxyl groups excluding tert-OH is 2. The molecule has 106 valence electrons. The molecule has 1 fully saturated rings. The summed E-state index contributed by atoms with van der Waals surface area (Å²) in [4.78, 5) is 2.21. The SMILES string of the molecule is C[C@H](O)c1ccc(N2CCCCCC2CO)c(Cl)c1. The summed E-state index contributed by atoms with van der Waals surface area (Å²) in [7, 11) is 0. The van der Waals surface area contributed by atoms with Crippen LogP contribution in [0.5, 0.6) is 0 Å². The number of nitrogens with zero attached hydrogens (tertiary/aromatic N) is 1. The zero-order valence-electron chi connectivity index (χ0n) is 11.3. The van der Waals surface area contributed by atoms with Gasteiger partial charge in [0.15, 0.2) is 0 Å². The van der Waals surface area contributed by atoms with Crippen LogP contribution in [-0.2, 0) is 0 Å². The Hall–Kier alpha value is -0.770. The van der Waals surface area contributed by atoms with Gasteiger partial charge in [0.05, 0.1) is 29.5 Å². The van der Waals surface area contributed by atoms with Crippen LogP contribution in [0.3, 0.4) is 0 Å². The Morgan fingerprint density at radius 2 is 2.16 bits per heavy atom. The van der Waals surface area contributed by atoms with Crippen molar-refractivity contribution in [3.8, 4) is 0 Å². The van der Waals surface area contributed by atoms with E-state index in [1.165, 1.54) is 6.42 Å². The highest BCUT2D eigenvalue weighted by Crippen LogP contribution is 2.32. The molecule has 3 nitrogen and oxygen atoms in total. The first-order valence-corrected chi connectivity index (χ1v) is 7.36. The molecule has 0 bridgehead atoms. The van der Waals surface area contributed by atoms with Crippen LogP contribution < -0.4 is 4.90 Å². The third-order valence-corrected chi connectivity index (χ3v) is 4.15. The minimum atomic E-state index is -0.510. The standard InChI is InChI=1S/C15H22ClNO2/c1-11(19)12-6-7-15(14(16)9-12)17-8-4-2-3-5-13(17)10-18/h6-7,9,11,13,18-19H,2-5,8,10H2,1H3/t11-,13?/m0/s1. The van der Waals surface area contributed by atoms with Crippen molar-refractivity contribution in [2.24, 2.45) is 0 Å². The molecule has 0 amide bonds. The Morgan fingerprint density at radius 3 is 2.79 bits per heavy atom. The van der Waals surface area contributed by atoms with Gasteiger partial charge in [-0.05, 0) is 37.5 Å². The van der Waals surface area contributed by atoms with Crippen LogP contribution in [0.25, 0.3) is 0 Å². The molecule has 1 aliphatic rings. The maximum absolute atomic E-state index is 9.58. The molecule has 2 N–H and O–H groups in total. The summed E-state index contributed by atoms with van der Waals surface area (Å²) >= 11 is 6.35. The fourth-order valence-electron chi connectivity index (χ4n) is 2.70. The zero-order valence-corrected chi connectivity index (χ0v) is 12.1. The Morgan fingerprint density at radius 1 is 1.37 bits per heavy atom. The van der Waals surface area contributed by atoms with Gasteiger partial charge in [-0.15, -0.1) is 0 Å². The van der Waals surface area contributed by atoms with Crippen LogP contribution >= 0.6 is 11.6 Å². The quantitative estimate of drug-likeness (QED) is 0.896. The summed E-state index contributed by atoms with van der Waals surface area (Å²) in [5.41, 5.74) is 1.79. The average molecular weight is 284 g/mol. The van der Waals surface area contributed by atoms with Crippen molar-refractivity contribution in [3.05, 3.63) is 28.8 Å². The first-order chi connectivity index (χ1) is 9.13. The summed E-state index contributed by atoms with van der Waals surface area (Å²) in [6, 6.07) is 5.84. The predicted octanol–water partition coefficient (Wildman–Crippen LogP) is 3.13. The van der Waals surface area contributed by atoms with Gasteiger partial charge in [0.2, 0.25) is 0 Å². The molecule has 2 atom stereocenters. The second-order valence-corrected chi connectivity index (χ2v) is 5.67. The summed E-state index contributed by atoms with van der Waals surface area (Å²) in [6.45, 7) is 2.82. The van der Waals surface area contributed by atoms with Gasteiger partial charge in [-0.3, -0.25) is 0 Å². The van der Waals surface area contributed by atoms with E-state index in [9.17, 15) is 10.2 Å². The van der Waals surface area contributed by atoms with Gasteiger partial charge in [-0.2, -0.15) is 0 Å². The lowest BCUT2D eigenvalue weighted by Crippen LogP contribution is -2.37. The van der Waals surface area contributed by atoms with Crippen molar-refractivity contribution in [1.29, 1.82) is 0 Å². The molecule has 1 saturated heterocycles. The molecule has 1 aliphatic heterocycles. The van der Waals surface area contributed by atoms with Gasteiger partial charge in [-0.1, -0.05) is 30.5 Å². The van der Waals surface area contributed by atoms with Crippen molar-refractivity contribution in [3.63, 3.8) is 0 Å². The Labute approximate surface area is 119 Å². The molecule has 0 saturated carbocycles. The molecular weight excluding hydrogens is 262 g/mol. The maximum Gasteiger partial charge on any atom is 0.0762 e. The largest absolute Gasteiger partial charge is 0.394 e. The number of aliphatic hydroxyl groups is 2. The normalized spacial score (nSPS) is 22.1. The van der Waals surface area contributed by atoms with Crippen molar-refractivity contribution in [2.45, 2.75) is 44.8 Å². The van der Waals surface area contributed by atoms with Crippen LogP contribution in [0.4, 0.5) is 5.69 Å². The van der Waals surface area contributed by atoms with Crippen LogP contribution in [0.15, 0.2) is 18.2 Å². The summed E-state index contributed by atoms with van der Waals surface area (Å²) in [5, 5.41) is 19.8. The average Bonchev–Trinajstić information content (AvgIpc) is 2.63. The van der Waals surface area contributed by atoms with E-state index in [0.717, 1.165) is 37.1 Å². The lowest BCUT2D eigenvalue weighted by molar-refractivity contribution is 0.199. The van der Waals surface area contributed by atoms with E-state index in [4.69, 9.17) is 11.6 Å². The summed E-state index contributed by atoms with van der Waals surface area (Å²) < 4.78 is 0. The molecule has 0 spiro atoms. The van der Waals surface area contributed by atoms with E-state index in [2.05, 4.69) is 4.90 Å². The molecule has 0 aromatic heterocycles. The van der Waals surface area contributed by atoms with E-state index < -0.39 is 6.10 Å². The number of benzene rings is 1. The number of hydrogen-bond acceptors (Lipinski definition) is 3. The third kappa shape index (κ3) is 3.41. The van der Waals surface area contributed by atoms with Crippen LogP contribution in [-0.4, -0.2) is 29.4 Å². The highest BCUT2D eigenvalue weighted by molar-refractivity contribution is 6.33. The maximum atomic E-state index is 9.58. The monoisotopic (exact) mass is 283 g/mol. The molecule has 19 heavy (non-hydrogen) atoms. The van der Waals surface area contributed by atoms with Gasteiger partial charge in [0.1, 0.15) is 0 Å². The van der Waals surface area contributed by atoms with Crippen LogP contribution in [0.2, 0.25) is 5.02 Å². The topological polar surface area (TPSA) is 43.7 Å². The number of anilines is 1. The van der Waals surface area contributed by atoms with Gasteiger partial charge in [0, 0.05) is 6.54 Å². The molecule has 2 rings (SSSR count). The smallest absolute Gasteiger partial charge is 0.0762 e. The molecule has 0 aliphatic carbocycles. The lowest BCUT2D eigenvalue weighted by Gasteiger charge is -2.31. The molecule has 1 unspecified atom stereocenters. The van der Waals surface area contributed by atoms with E-state index in [1.807, 2.05) is 18.2 Å². The first kappa shape index (κ1) is 14.6. The Kier molecular flexibility index (Phi) is 5.08. The second-order valence-electron chi connectivity index (χ2n) is 5.27. The fourth-order valence-corrected chi connectivity index (χ4v) is 3.00. The second kappa shape index (κ2) is 6.60. The van der Waals surface area contributed by atoms with Crippen LogP contribution in [0, 0.1) is 0 Å².